The molecule has 0 aliphatic carbocycles. The van der Waals surface area contributed by atoms with E-state index in [0.717, 1.165) is 16.0 Å². The lowest BCUT2D eigenvalue weighted by Gasteiger charge is -2.26. The van der Waals surface area contributed by atoms with Crippen LogP contribution < -0.4 is 10.9 Å². The van der Waals surface area contributed by atoms with E-state index in [2.05, 4.69) is 19.2 Å². The van der Waals surface area contributed by atoms with Crippen LogP contribution in [-0.2, 0) is 35.5 Å². The molecule has 6 nitrogen and oxygen atoms in total. The van der Waals surface area contributed by atoms with Gasteiger partial charge >= 0.3 is 0 Å². The number of hydrogen-bond donors (Lipinski definition) is 1. The lowest BCUT2D eigenvalue weighted by molar-refractivity contribution is -0.113. The van der Waals surface area contributed by atoms with Gasteiger partial charge in [-0.25, -0.2) is 4.98 Å². The minimum atomic E-state index is -0.248. The van der Waals surface area contributed by atoms with Crippen molar-refractivity contribution in [2.75, 3.05) is 11.1 Å². The van der Waals surface area contributed by atoms with Crippen LogP contribution in [0.25, 0.3) is 10.2 Å². The van der Waals surface area contributed by atoms with Gasteiger partial charge < -0.3 is 10.1 Å². The number of rotatable bonds is 8. The van der Waals surface area contributed by atoms with Crippen molar-refractivity contribution in [1.29, 1.82) is 0 Å². The molecule has 3 heterocycles. The van der Waals surface area contributed by atoms with Crippen LogP contribution in [0.2, 0.25) is 10.0 Å². The van der Waals surface area contributed by atoms with Gasteiger partial charge in [0.15, 0.2) is 5.16 Å². The molecule has 0 unspecified atom stereocenters. The third-order valence-corrected chi connectivity index (χ3v) is 9.16. The van der Waals surface area contributed by atoms with Gasteiger partial charge in [-0.15, -0.1) is 11.3 Å². The molecule has 0 radical (unpaired) electrons. The second-order valence-corrected chi connectivity index (χ2v) is 12.4. The van der Waals surface area contributed by atoms with Gasteiger partial charge in [0.05, 0.1) is 34.6 Å². The predicted molar refractivity (Wildman–Crippen MR) is 157 cm³/mol. The van der Waals surface area contributed by atoms with Crippen molar-refractivity contribution < 1.29 is 9.53 Å². The smallest absolute Gasteiger partial charge is 0.263 e. The van der Waals surface area contributed by atoms with E-state index in [9.17, 15) is 9.59 Å². The first-order valence-electron chi connectivity index (χ1n) is 12.4. The summed E-state index contributed by atoms with van der Waals surface area (Å²) >= 11 is 14.9. The summed E-state index contributed by atoms with van der Waals surface area (Å²) in [7, 11) is 0. The normalized spacial score (nSPS) is 15.1. The van der Waals surface area contributed by atoms with Gasteiger partial charge in [0, 0.05) is 22.9 Å². The number of thioether (sulfide) groups is 1. The lowest BCUT2D eigenvalue weighted by atomic mass is 9.96. The first-order valence-corrected chi connectivity index (χ1v) is 14.9. The Hall–Kier alpha value is -2.36. The number of anilines is 1. The van der Waals surface area contributed by atoms with E-state index in [1.807, 2.05) is 30.3 Å². The van der Waals surface area contributed by atoms with Crippen molar-refractivity contribution in [1.82, 2.24) is 9.55 Å². The van der Waals surface area contributed by atoms with Gasteiger partial charge in [0.1, 0.15) is 4.83 Å². The van der Waals surface area contributed by atoms with Gasteiger partial charge in [0.2, 0.25) is 5.91 Å². The average molecular weight is 589 g/mol. The topological polar surface area (TPSA) is 73.2 Å². The summed E-state index contributed by atoms with van der Waals surface area (Å²) in [5, 5.41) is 4.88. The number of hydrogen-bond acceptors (Lipinski definition) is 6. The number of carbonyl (C=O) groups is 1. The summed E-state index contributed by atoms with van der Waals surface area (Å²) in [5.41, 5.74) is 2.62. The Kier molecular flexibility index (Phi) is 8.45. The molecule has 1 aliphatic rings. The van der Waals surface area contributed by atoms with Crippen molar-refractivity contribution >= 4 is 68.1 Å². The number of aryl methyl sites for hydroxylation is 1. The molecular weight excluding hydrogens is 561 g/mol. The summed E-state index contributed by atoms with van der Waals surface area (Å²) in [6.07, 6.45) is 1.47. The van der Waals surface area contributed by atoms with Crippen LogP contribution in [-0.4, -0.2) is 27.3 Å². The van der Waals surface area contributed by atoms with Crippen molar-refractivity contribution in [2.45, 2.75) is 51.1 Å². The second kappa shape index (κ2) is 11.8. The molecule has 0 saturated heterocycles. The van der Waals surface area contributed by atoms with Crippen molar-refractivity contribution in [3.63, 3.8) is 0 Å². The quantitative estimate of drug-likeness (QED) is 0.180. The first-order chi connectivity index (χ1) is 18.3. The maximum absolute atomic E-state index is 13.9. The summed E-state index contributed by atoms with van der Waals surface area (Å²) in [4.78, 5) is 33.4. The van der Waals surface area contributed by atoms with Crippen LogP contribution in [0.1, 0.15) is 29.9 Å². The van der Waals surface area contributed by atoms with Crippen molar-refractivity contribution in [3.8, 4) is 0 Å². The Balaban J connectivity index is 1.45. The highest BCUT2D eigenvalue weighted by molar-refractivity contribution is 7.99. The van der Waals surface area contributed by atoms with Crippen LogP contribution in [0.3, 0.4) is 0 Å². The Morgan fingerprint density at radius 3 is 2.76 bits per heavy atom. The minimum absolute atomic E-state index is 0.0588. The molecule has 5 rings (SSSR count). The van der Waals surface area contributed by atoms with Gasteiger partial charge in [-0.2, -0.15) is 0 Å². The number of carbonyl (C=O) groups excluding carboxylic acids is 1. The Morgan fingerprint density at radius 1 is 1.24 bits per heavy atom. The van der Waals surface area contributed by atoms with E-state index in [0.29, 0.717) is 63.0 Å². The Bertz CT molecular complexity index is 1540. The van der Waals surface area contributed by atoms with Gasteiger partial charge in [-0.05, 0) is 41.7 Å². The zero-order valence-electron chi connectivity index (χ0n) is 21.0. The number of aromatic nitrogens is 2. The maximum Gasteiger partial charge on any atom is 0.263 e. The number of halogens is 2. The van der Waals surface area contributed by atoms with Gasteiger partial charge in [-0.1, -0.05) is 79.1 Å². The molecule has 4 aromatic rings. The van der Waals surface area contributed by atoms with Crippen molar-refractivity contribution in [3.05, 3.63) is 84.9 Å². The molecule has 1 N–H and O–H groups in total. The Morgan fingerprint density at radius 2 is 2.03 bits per heavy atom. The predicted octanol–water partition coefficient (Wildman–Crippen LogP) is 6.84. The molecule has 0 spiro atoms. The number of nitrogens with zero attached hydrogens (tertiary/aromatic N) is 2. The number of thiophene rings is 1. The van der Waals surface area contributed by atoms with Crippen LogP contribution >= 0.6 is 46.3 Å². The van der Waals surface area contributed by atoms with E-state index in [1.165, 1.54) is 23.1 Å². The molecule has 2 aromatic heterocycles. The highest BCUT2D eigenvalue weighted by Crippen LogP contribution is 2.36. The molecule has 10 heteroatoms. The highest BCUT2D eigenvalue weighted by atomic mass is 35.5. The lowest BCUT2D eigenvalue weighted by Crippen LogP contribution is -2.29. The number of nitrogens with one attached hydrogen (secondary N) is 1. The molecule has 38 heavy (non-hydrogen) atoms. The third kappa shape index (κ3) is 5.95. The van der Waals surface area contributed by atoms with E-state index in [-0.39, 0.29) is 23.3 Å². The first kappa shape index (κ1) is 27.2. The number of amides is 1. The summed E-state index contributed by atoms with van der Waals surface area (Å²) < 4.78 is 7.77. The van der Waals surface area contributed by atoms with E-state index >= 15 is 0 Å². The van der Waals surface area contributed by atoms with Gasteiger partial charge in [-0.3, -0.25) is 14.2 Å². The second-order valence-electron chi connectivity index (χ2n) is 9.53. The zero-order chi connectivity index (χ0) is 26.8. The monoisotopic (exact) mass is 587 g/mol. The molecule has 0 bridgehead atoms. The molecular formula is C28H27Cl2N3O3S2. The van der Waals surface area contributed by atoms with E-state index in [1.54, 1.807) is 22.8 Å². The van der Waals surface area contributed by atoms with Crippen LogP contribution in [0.15, 0.2) is 58.5 Å². The fraction of sp³-hybridized carbons (Fsp3) is 0.321. The number of benzene rings is 2. The zero-order valence-corrected chi connectivity index (χ0v) is 24.1. The Labute approximate surface area is 239 Å². The summed E-state index contributed by atoms with van der Waals surface area (Å²) in [5.74, 6) is 0.182. The number of ether oxygens (including phenoxy) is 1. The third-order valence-electron chi connectivity index (χ3n) is 6.54. The molecule has 198 valence electrons. The van der Waals surface area contributed by atoms with Crippen molar-refractivity contribution in [2.24, 2.45) is 5.92 Å². The largest absolute Gasteiger partial charge is 0.372 e. The summed E-state index contributed by atoms with van der Waals surface area (Å²) in [6, 6.07) is 14.9. The molecule has 2 aromatic carbocycles. The molecule has 1 aliphatic heterocycles. The SMILES string of the molecule is CC(C)[C@@H]1Cc2c(sc3nc(SCC(=O)Nc4ccc(Cl)cc4Cl)n(CCc4ccccc4)c(=O)c23)CO1. The maximum atomic E-state index is 13.9. The van der Waals surface area contributed by atoms with E-state index < -0.39 is 0 Å². The molecule has 0 saturated carbocycles. The fourth-order valence-corrected chi connectivity index (χ4v) is 6.92. The van der Waals surface area contributed by atoms with Crippen LogP contribution in [0, 0.1) is 5.92 Å². The molecule has 0 fully saturated rings. The van der Waals surface area contributed by atoms with Crippen LogP contribution in [0.5, 0.6) is 0 Å². The van der Waals surface area contributed by atoms with E-state index in [4.69, 9.17) is 32.9 Å². The fourth-order valence-electron chi connectivity index (χ4n) is 4.47. The average Bonchev–Trinajstić information content (AvgIpc) is 3.27. The summed E-state index contributed by atoms with van der Waals surface area (Å²) in [6.45, 7) is 5.23. The minimum Gasteiger partial charge on any atom is -0.372 e. The number of fused-ring (bicyclic) bond motifs is 3. The van der Waals surface area contributed by atoms with Crippen LogP contribution in [0.4, 0.5) is 5.69 Å². The molecule has 1 amide bonds. The standard InChI is InChI=1S/C28H27Cl2N3O3S2/c1-16(2)22-13-19-23(14-36-22)38-26-25(19)27(35)33(11-10-17-6-4-3-5-7-17)28(32-26)37-15-24(34)31-21-9-8-18(29)12-20(21)30/h3-9,12,16,22H,10-11,13-15H2,1-2H3,(H,31,34)/t22-/m0/s1. The highest BCUT2D eigenvalue weighted by Gasteiger charge is 2.28. The van der Waals surface area contributed by atoms with Gasteiger partial charge in [0.25, 0.3) is 5.56 Å². The molecule has 1 atom stereocenters.